The van der Waals surface area contributed by atoms with E-state index in [0.29, 0.717) is 11.5 Å². The van der Waals surface area contributed by atoms with Crippen LogP contribution in [0.2, 0.25) is 0 Å². The Labute approximate surface area is 164 Å². The number of aryl methyl sites for hydroxylation is 1. The van der Waals surface area contributed by atoms with E-state index >= 15 is 0 Å². The molecule has 4 rings (SSSR count). The van der Waals surface area contributed by atoms with Gasteiger partial charge in [0.2, 0.25) is 0 Å². The van der Waals surface area contributed by atoms with Crippen molar-refractivity contribution in [1.29, 1.82) is 0 Å². The molecule has 0 aliphatic carbocycles. The molecule has 128 valence electrons. The van der Waals surface area contributed by atoms with E-state index < -0.39 is 0 Å². The molecule has 0 atom stereocenters. The Morgan fingerprint density at radius 3 is 2.65 bits per heavy atom. The van der Waals surface area contributed by atoms with Crippen molar-refractivity contribution in [2.75, 3.05) is 4.90 Å². The fraction of sp³-hybridized carbons (Fsp3) is 0.0476. The summed E-state index contributed by atoms with van der Waals surface area (Å²) in [5.41, 5.74) is 3.29. The number of anilines is 1. The molecule has 2 heterocycles. The first-order valence-electron chi connectivity index (χ1n) is 8.13. The number of aliphatic imine (C=N–C) groups is 1. The molecule has 1 aliphatic rings. The van der Waals surface area contributed by atoms with E-state index in [2.05, 4.69) is 20.9 Å². The van der Waals surface area contributed by atoms with Crippen LogP contribution in [-0.4, -0.2) is 11.7 Å². The average Bonchev–Trinajstić information content (AvgIpc) is 3.24. The molecule has 0 spiro atoms. The van der Waals surface area contributed by atoms with Crippen LogP contribution in [0.4, 0.5) is 5.69 Å². The summed E-state index contributed by atoms with van der Waals surface area (Å²) < 4.78 is 0.919. The van der Waals surface area contributed by atoms with Gasteiger partial charge in [0, 0.05) is 14.9 Å². The molecule has 1 aliphatic heterocycles. The van der Waals surface area contributed by atoms with Gasteiger partial charge in [-0.2, -0.15) is 0 Å². The quantitative estimate of drug-likeness (QED) is 0.501. The second kappa shape index (κ2) is 7.02. The molecular weight excluding hydrogens is 408 g/mol. The fourth-order valence-electron chi connectivity index (χ4n) is 2.86. The molecule has 0 bridgehead atoms. The Balaban J connectivity index is 1.85. The van der Waals surface area contributed by atoms with Crippen molar-refractivity contribution in [3.05, 3.63) is 92.2 Å². The number of nitrogens with zero attached hydrogens (tertiary/aromatic N) is 2. The maximum Gasteiger partial charge on any atom is 0.282 e. The zero-order valence-corrected chi connectivity index (χ0v) is 16.4. The summed E-state index contributed by atoms with van der Waals surface area (Å²) in [6.45, 7) is 2.03. The lowest BCUT2D eigenvalue weighted by Gasteiger charge is -2.19. The van der Waals surface area contributed by atoms with E-state index in [1.54, 1.807) is 16.2 Å². The summed E-state index contributed by atoms with van der Waals surface area (Å²) in [6, 6.07) is 19.7. The zero-order valence-electron chi connectivity index (χ0n) is 14.0. The van der Waals surface area contributed by atoms with E-state index in [1.807, 2.05) is 79.0 Å². The minimum absolute atomic E-state index is 0.118. The van der Waals surface area contributed by atoms with Crippen molar-refractivity contribution in [1.82, 2.24) is 0 Å². The second-order valence-corrected chi connectivity index (χ2v) is 7.87. The van der Waals surface area contributed by atoms with Crippen molar-refractivity contribution < 1.29 is 4.79 Å². The Morgan fingerprint density at radius 2 is 1.92 bits per heavy atom. The third-order valence-corrected chi connectivity index (χ3v) is 5.34. The number of amides is 1. The molecule has 26 heavy (non-hydrogen) atoms. The van der Waals surface area contributed by atoms with Gasteiger partial charge >= 0.3 is 0 Å². The molecule has 1 aromatic heterocycles. The first kappa shape index (κ1) is 16.9. The van der Waals surface area contributed by atoms with Crippen LogP contribution in [0.25, 0.3) is 6.08 Å². The Kier molecular flexibility index (Phi) is 4.57. The number of hydrogen-bond donors (Lipinski definition) is 0. The van der Waals surface area contributed by atoms with E-state index in [-0.39, 0.29) is 5.91 Å². The maximum absolute atomic E-state index is 13.1. The highest BCUT2D eigenvalue weighted by atomic mass is 79.9. The van der Waals surface area contributed by atoms with Crippen molar-refractivity contribution in [3.63, 3.8) is 0 Å². The standard InChI is InChI=1S/C21H15BrN2OS/c1-14-5-2-6-15(11-14)20-23-19(13-18-9-4-10-26-18)21(25)24(20)17-8-3-7-16(22)12-17/h2-13H,1H3/b19-13+. The third-order valence-electron chi connectivity index (χ3n) is 4.03. The summed E-state index contributed by atoms with van der Waals surface area (Å²) in [7, 11) is 0. The average molecular weight is 423 g/mol. The number of carbonyl (C=O) groups is 1. The van der Waals surface area contributed by atoms with Gasteiger partial charge in [-0.3, -0.25) is 9.69 Å². The van der Waals surface area contributed by atoms with E-state index in [4.69, 9.17) is 0 Å². The summed E-state index contributed by atoms with van der Waals surface area (Å²) in [4.78, 5) is 20.5. The predicted molar refractivity (Wildman–Crippen MR) is 112 cm³/mol. The Hall–Kier alpha value is -2.50. The van der Waals surface area contributed by atoms with Crippen LogP contribution >= 0.6 is 27.3 Å². The van der Waals surface area contributed by atoms with Gasteiger partial charge in [-0.15, -0.1) is 11.3 Å². The normalized spacial score (nSPS) is 15.6. The van der Waals surface area contributed by atoms with Crippen molar-refractivity contribution in [3.8, 4) is 0 Å². The lowest BCUT2D eigenvalue weighted by atomic mass is 10.1. The molecule has 0 unspecified atom stereocenters. The molecule has 0 N–H and O–H groups in total. The zero-order chi connectivity index (χ0) is 18.1. The third kappa shape index (κ3) is 3.28. The molecule has 3 aromatic rings. The molecule has 0 saturated carbocycles. The largest absolute Gasteiger partial charge is 0.282 e. The number of thiophene rings is 1. The van der Waals surface area contributed by atoms with E-state index in [0.717, 1.165) is 26.2 Å². The van der Waals surface area contributed by atoms with Gasteiger partial charge in [-0.25, -0.2) is 4.99 Å². The number of halogens is 1. The topological polar surface area (TPSA) is 32.7 Å². The van der Waals surface area contributed by atoms with Crippen LogP contribution in [0.3, 0.4) is 0 Å². The number of amidine groups is 1. The highest BCUT2D eigenvalue weighted by Gasteiger charge is 2.32. The van der Waals surface area contributed by atoms with Crippen LogP contribution in [0.15, 0.2) is 81.2 Å². The molecule has 0 fully saturated rings. The summed E-state index contributed by atoms with van der Waals surface area (Å²) in [5.74, 6) is 0.535. The first-order chi connectivity index (χ1) is 12.6. The van der Waals surface area contributed by atoms with Crippen LogP contribution in [0, 0.1) is 6.92 Å². The van der Waals surface area contributed by atoms with Crippen LogP contribution in [0.5, 0.6) is 0 Å². The molecular formula is C21H15BrN2OS. The van der Waals surface area contributed by atoms with Crippen LogP contribution in [-0.2, 0) is 4.79 Å². The number of benzene rings is 2. The van der Waals surface area contributed by atoms with Crippen molar-refractivity contribution in [2.24, 2.45) is 4.99 Å². The SMILES string of the molecule is Cc1cccc(C2=N/C(=C/c3cccs3)C(=O)N2c2cccc(Br)c2)c1. The van der Waals surface area contributed by atoms with Gasteiger partial charge in [0.05, 0.1) is 5.69 Å². The summed E-state index contributed by atoms with van der Waals surface area (Å²) in [5, 5.41) is 1.99. The monoisotopic (exact) mass is 422 g/mol. The highest BCUT2D eigenvalue weighted by Crippen LogP contribution is 2.30. The summed E-state index contributed by atoms with van der Waals surface area (Å²) >= 11 is 5.08. The molecule has 0 radical (unpaired) electrons. The molecule has 3 nitrogen and oxygen atoms in total. The van der Waals surface area contributed by atoms with Crippen LogP contribution < -0.4 is 4.90 Å². The van der Waals surface area contributed by atoms with Crippen LogP contribution in [0.1, 0.15) is 16.0 Å². The molecule has 0 saturated heterocycles. The first-order valence-corrected chi connectivity index (χ1v) is 9.80. The van der Waals surface area contributed by atoms with Gasteiger partial charge in [-0.1, -0.05) is 51.8 Å². The minimum atomic E-state index is -0.118. The molecule has 5 heteroatoms. The predicted octanol–water partition coefficient (Wildman–Crippen LogP) is 5.65. The van der Waals surface area contributed by atoms with Gasteiger partial charge in [0.25, 0.3) is 5.91 Å². The van der Waals surface area contributed by atoms with Crippen molar-refractivity contribution >= 4 is 50.8 Å². The summed E-state index contributed by atoms with van der Waals surface area (Å²) in [6.07, 6.45) is 1.85. The van der Waals surface area contributed by atoms with Crippen molar-refractivity contribution in [2.45, 2.75) is 6.92 Å². The maximum atomic E-state index is 13.1. The smallest absolute Gasteiger partial charge is 0.266 e. The number of rotatable bonds is 3. The van der Waals surface area contributed by atoms with Gasteiger partial charge < -0.3 is 0 Å². The van der Waals surface area contributed by atoms with E-state index in [1.165, 1.54) is 0 Å². The van der Waals surface area contributed by atoms with Gasteiger partial charge in [-0.05, 0) is 48.7 Å². The van der Waals surface area contributed by atoms with E-state index in [9.17, 15) is 4.79 Å². The Bertz CT molecular complexity index is 1040. The number of carbonyl (C=O) groups excluding carboxylic acids is 1. The molecule has 2 aromatic carbocycles. The lowest BCUT2D eigenvalue weighted by molar-refractivity contribution is -0.113. The lowest BCUT2D eigenvalue weighted by Crippen LogP contribution is -2.32. The highest BCUT2D eigenvalue weighted by molar-refractivity contribution is 9.10. The fourth-order valence-corrected chi connectivity index (χ4v) is 3.90. The minimum Gasteiger partial charge on any atom is -0.266 e. The van der Waals surface area contributed by atoms with Gasteiger partial charge in [0.15, 0.2) is 0 Å². The number of hydrogen-bond acceptors (Lipinski definition) is 3. The Morgan fingerprint density at radius 1 is 1.08 bits per heavy atom. The second-order valence-electron chi connectivity index (χ2n) is 5.97. The molecule has 1 amide bonds. The van der Waals surface area contributed by atoms with Gasteiger partial charge in [0.1, 0.15) is 11.5 Å².